The van der Waals surface area contributed by atoms with E-state index in [1.165, 1.54) is 0 Å². The number of carbonyl (C=O) groups excluding carboxylic acids is 2. The highest BCUT2D eigenvalue weighted by molar-refractivity contribution is 5.94. The van der Waals surface area contributed by atoms with E-state index >= 15 is 0 Å². The van der Waals surface area contributed by atoms with Gasteiger partial charge in [0.05, 0.1) is 12.1 Å². The SMILES string of the molecule is CCC(C)(O)CNCC(=O)NC(N)=O. The van der Waals surface area contributed by atoms with Crippen LogP contribution in [-0.4, -0.2) is 35.7 Å². The van der Waals surface area contributed by atoms with E-state index in [4.69, 9.17) is 5.73 Å². The number of hydrogen-bond acceptors (Lipinski definition) is 4. The van der Waals surface area contributed by atoms with Crippen LogP contribution in [-0.2, 0) is 4.79 Å². The van der Waals surface area contributed by atoms with Gasteiger partial charge in [0.25, 0.3) is 0 Å². The molecule has 0 saturated carbocycles. The minimum absolute atomic E-state index is 0.0426. The molecular weight excluding hydrogens is 186 g/mol. The first-order valence-corrected chi connectivity index (χ1v) is 4.40. The van der Waals surface area contributed by atoms with Gasteiger partial charge < -0.3 is 16.2 Å². The lowest BCUT2D eigenvalue weighted by Gasteiger charge is -2.21. The molecule has 0 radical (unpaired) electrons. The maximum Gasteiger partial charge on any atom is 0.318 e. The Balaban J connectivity index is 3.64. The fraction of sp³-hybridized carbons (Fsp3) is 0.750. The quantitative estimate of drug-likeness (QED) is 0.456. The van der Waals surface area contributed by atoms with E-state index in [1.807, 2.05) is 12.2 Å². The van der Waals surface area contributed by atoms with E-state index < -0.39 is 17.5 Å². The predicted octanol–water partition coefficient (Wildman–Crippen LogP) is -1.07. The Hall–Kier alpha value is -1.14. The highest BCUT2D eigenvalue weighted by Crippen LogP contribution is 2.05. The van der Waals surface area contributed by atoms with Crippen LogP contribution in [0.4, 0.5) is 4.79 Å². The van der Waals surface area contributed by atoms with Gasteiger partial charge in [-0.2, -0.15) is 0 Å². The van der Waals surface area contributed by atoms with Crippen molar-refractivity contribution in [3.05, 3.63) is 0 Å². The molecule has 0 aromatic carbocycles. The van der Waals surface area contributed by atoms with Crippen molar-refractivity contribution in [2.45, 2.75) is 25.9 Å². The van der Waals surface area contributed by atoms with Gasteiger partial charge in [-0.1, -0.05) is 6.92 Å². The van der Waals surface area contributed by atoms with Gasteiger partial charge in [0.2, 0.25) is 5.91 Å². The number of rotatable bonds is 5. The number of nitrogens with one attached hydrogen (secondary N) is 2. The highest BCUT2D eigenvalue weighted by Gasteiger charge is 2.17. The second-order valence-corrected chi connectivity index (χ2v) is 3.37. The minimum atomic E-state index is -0.876. The molecule has 1 unspecified atom stereocenters. The molecule has 0 spiro atoms. The Morgan fingerprint density at radius 2 is 2.07 bits per heavy atom. The van der Waals surface area contributed by atoms with Gasteiger partial charge in [-0.25, -0.2) is 4.79 Å². The van der Waals surface area contributed by atoms with Crippen LogP contribution in [0.2, 0.25) is 0 Å². The van der Waals surface area contributed by atoms with Gasteiger partial charge in [0, 0.05) is 6.54 Å². The van der Waals surface area contributed by atoms with E-state index in [1.54, 1.807) is 6.92 Å². The first-order chi connectivity index (χ1) is 6.37. The third-order valence-electron chi connectivity index (χ3n) is 1.82. The largest absolute Gasteiger partial charge is 0.389 e. The lowest BCUT2D eigenvalue weighted by atomic mass is 10.0. The van der Waals surface area contributed by atoms with Gasteiger partial charge in [-0.05, 0) is 13.3 Å². The summed E-state index contributed by atoms with van der Waals surface area (Å²) in [7, 11) is 0. The molecule has 0 bridgehead atoms. The molecule has 0 saturated heterocycles. The molecule has 0 aliphatic heterocycles. The van der Waals surface area contributed by atoms with Crippen molar-refractivity contribution in [3.63, 3.8) is 0 Å². The molecule has 6 heteroatoms. The standard InChI is InChI=1S/C8H17N3O3/c1-3-8(2,14)5-10-4-6(12)11-7(9)13/h10,14H,3-5H2,1-2H3,(H3,9,11,12,13). The first-order valence-electron chi connectivity index (χ1n) is 4.40. The highest BCUT2D eigenvalue weighted by atomic mass is 16.3. The molecular formula is C8H17N3O3. The third kappa shape index (κ3) is 6.38. The van der Waals surface area contributed by atoms with Gasteiger partial charge in [0.15, 0.2) is 0 Å². The summed E-state index contributed by atoms with van der Waals surface area (Å²) in [6.07, 6.45) is 0.581. The van der Waals surface area contributed by atoms with Crippen molar-refractivity contribution in [2.24, 2.45) is 5.73 Å². The summed E-state index contributed by atoms with van der Waals surface area (Å²) in [4.78, 5) is 21.1. The molecule has 14 heavy (non-hydrogen) atoms. The third-order valence-corrected chi connectivity index (χ3v) is 1.82. The van der Waals surface area contributed by atoms with Crippen LogP contribution in [0.15, 0.2) is 0 Å². The molecule has 3 amide bonds. The van der Waals surface area contributed by atoms with E-state index in [2.05, 4.69) is 5.32 Å². The molecule has 82 valence electrons. The number of aliphatic hydroxyl groups is 1. The zero-order valence-electron chi connectivity index (χ0n) is 8.46. The Morgan fingerprint density at radius 3 is 2.50 bits per heavy atom. The minimum Gasteiger partial charge on any atom is -0.389 e. The average Bonchev–Trinajstić information content (AvgIpc) is 2.02. The Kier molecular flexibility index (Phi) is 5.11. The number of imide groups is 1. The maximum atomic E-state index is 10.9. The smallest absolute Gasteiger partial charge is 0.318 e. The Labute approximate surface area is 82.9 Å². The molecule has 1 atom stereocenters. The Morgan fingerprint density at radius 1 is 1.50 bits per heavy atom. The zero-order valence-corrected chi connectivity index (χ0v) is 8.46. The fourth-order valence-corrected chi connectivity index (χ4v) is 0.752. The topological polar surface area (TPSA) is 104 Å². The average molecular weight is 203 g/mol. The normalized spacial score (nSPS) is 14.5. The fourth-order valence-electron chi connectivity index (χ4n) is 0.752. The van der Waals surface area contributed by atoms with E-state index in [9.17, 15) is 14.7 Å². The van der Waals surface area contributed by atoms with Crippen LogP contribution < -0.4 is 16.4 Å². The molecule has 0 fully saturated rings. The van der Waals surface area contributed by atoms with Crippen molar-refractivity contribution in [2.75, 3.05) is 13.1 Å². The summed E-state index contributed by atoms with van der Waals surface area (Å²) in [6.45, 7) is 3.74. The first kappa shape index (κ1) is 12.9. The monoisotopic (exact) mass is 203 g/mol. The molecule has 5 N–H and O–H groups in total. The number of urea groups is 1. The Bertz CT molecular complexity index is 216. The van der Waals surface area contributed by atoms with Crippen molar-refractivity contribution >= 4 is 11.9 Å². The molecule has 0 aliphatic rings. The molecule has 0 aliphatic carbocycles. The summed E-state index contributed by atoms with van der Waals surface area (Å²) in [5, 5.41) is 14.1. The molecule has 0 heterocycles. The lowest BCUT2D eigenvalue weighted by molar-refractivity contribution is -0.119. The van der Waals surface area contributed by atoms with Crippen molar-refractivity contribution in [1.29, 1.82) is 0 Å². The van der Waals surface area contributed by atoms with Gasteiger partial charge in [0.1, 0.15) is 0 Å². The van der Waals surface area contributed by atoms with Crippen molar-refractivity contribution in [3.8, 4) is 0 Å². The van der Waals surface area contributed by atoms with Crippen molar-refractivity contribution in [1.82, 2.24) is 10.6 Å². The molecule has 0 rings (SSSR count). The summed E-state index contributed by atoms with van der Waals surface area (Å²) >= 11 is 0. The lowest BCUT2D eigenvalue weighted by Crippen LogP contribution is -2.44. The molecule has 6 nitrogen and oxygen atoms in total. The second-order valence-electron chi connectivity index (χ2n) is 3.37. The summed E-state index contributed by atoms with van der Waals surface area (Å²) < 4.78 is 0. The van der Waals surface area contributed by atoms with Crippen LogP contribution in [0.1, 0.15) is 20.3 Å². The van der Waals surface area contributed by atoms with Gasteiger partial charge in [-0.15, -0.1) is 0 Å². The van der Waals surface area contributed by atoms with Crippen LogP contribution in [0.3, 0.4) is 0 Å². The number of primary amides is 1. The number of amides is 3. The van der Waals surface area contributed by atoms with Crippen LogP contribution >= 0.6 is 0 Å². The van der Waals surface area contributed by atoms with Crippen molar-refractivity contribution < 1.29 is 14.7 Å². The summed E-state index contributed by atoms with van der Waals surface area (Å²) in [5.74, 6) is -0.510. The van der Waals surface area contributed by atoms with E-state index in [0.29, 0.717) is 6.42 Å². The number of hydrogen-bond donors (Lipinski definition) is 4. The zero-order chi connectivity index (χ0) is 11.2. The maximum absolute atomic E-state index is 10.9. The van der Waals surface area contributed by atoms with Gasteiger partial charge in [-0.3, -0.25) is 10.1 Å². The van der Waals surface area contributed by atoms with Crippen LogP contribution in [0.5, 0.6) is 0 Å². The van der Waals surface area contributed by atoms with E-state index in [-0.39, 0.29) is 13.1 Å². The van der Waals surface area contributed by atoms with Crippen LogP contribution in [0.25, 0.3) is 0 Å². The summed E-state index contributed by atoms with van der Waals surface area (Å²) in [6, 6.07) is -0.876. The van der Waals surface area contributed by atoms with E-state index in [0.717, 1.165) is 0 Å². The van der Waals surface area contributed by atoms with Gasteiger partial charge >= 0.3 is 6.03 Å². The second kappa shape index (κ2) is 5.56. The summed E-state index contributed by atoms with van der Waals surface area (Å²) in [5.41, 5.74) is 3.89. The number of carbonyl (C=O) groups is 2. The predicted molar refractivity (Wildman–Crippen MR) is 51.5 cm³/mol. The van der Waals surface area contributed by atoms with Crippen LogP contribution in [0, 0.1) is 0 Å². The molecule has 0 aromatic rings. The molecule has 0 aromatic heterocycles. The number of nitrogens with two attached hydrogens (primary N) is 1.